The third kappa shape index (κ3) is 2.54. The van der Waals surface area contributed by atoms with Crippen molar-refractivity contribution in [3.8, 4) is 10.6 Å². The first kappa shape index (κ1) is 17.1. The second-order valence-electron chi connectivity index (χ2n) is 5.55. The number of benzene rings is 1. The van der Waals surface area contributed by atoms with Gasteiger partial charge in [-0.3, -0.25) is 4.79 Å². The smallest absolute Gasteiger partial charge is 0.325 e. The summed E-state index contributed by atoms with van der Waals surface area (Å²) < 4.78 is 24.5. The van der Waals surface area contributed by atoms with Gasteiger partial charge in [0.05, 0.1) is 15.1 Å². The van der Waals surface area contributed by atoms with Crippen molar-refractivity contribution < 1.29 is 18.3 Å². The molecule has 0 radical (unpaired) electrons. The van der Waals surface area contributed by atoms with Crippen LogP contribution in [0.1, 0.15) is 20.3 Å². The van der Waals surface area contributed by atoms with E-state index in [1.165, 1.54) is 30.4 Å². The van der Waals surface area contributed by atoms with Crippen LogP contribution in [0.25, 0.3) is 20.8 Å². The third-order valence-corrected chi connectivity index (χ3v) is 8.43. The summed E-state index contributed by atoms with van der Waals surface area (Å²) in [5.74, 6) is -1.34. The third-order valence-electron chi connectivity index (χ3n) is 4.16. The number of hydrogen-bond donors (Lipinski definition) is 1. The van der Waals surface area contributed by atoms with Crippen LogP contribution in [0, 0.1) is 0 Å². The molecule has 8 heteroatoms. The minimum Gasteiger partial charge on any atom is -0.480 e. The molecule has 3 aromatic rings. The number of sulfone groups is 1. The second-order valence-corrected chi connectivity index (χ2v) is 9.74. The number of nitrogens with zero attached hydrogens (tertiary/aromatic N) is 1. The van der Waals surface area contributed by atoms with E-state index in [2.05, 4.69) is 4.98 Å². The van der Waals surface area contributed by atoms with Gasteiger partial charge in [-0.25, -0.2) is 13.4 Å². The van der Waals surface area contributed by atoms with Crippen molar-refractivity contribution in [2.24, 2.45) is 0 Å². The number of carbonyl (C=O) groups is 1. The maximum absolute atomic E-state index is 12.8. The van der Waals surface area contributed by atoms with E-state index in [0.717, 1.165) is 15.3 Å². The highest BCUT2D eigenvalue weighted by molar-refractivity contribution is 7.93. The summed E-state index contributed by atoms with van der Waals surface area (Å²) in [6.07, 6.45) is -0.00838. The maximum Gasteiger partial charge on any atom is 0.325 e. The first-order valence-corrected chi connectivity index (χ1v) is 10.4. The number of aromatic nitrogens is 1. The van der Waals surface area contributed by atoms with E-state index < -0.39 is 20.6 Å². The lowest BCUT2D eigenvalue weighted by Gasteiger charge is -2.23. The molecule has 2 heterocycles. The molecule has 0 aliphatic carbocycles. The zero-order chi connectivity index (χ0) is 17.5. The normalized spacial score (nSPS) is 14.6. The highest BCUT2D eigenvalue weighted by Gasteiger charge is 2.46. The van der Waals surface area contributed by atoms with E-state index in [1.807, 2.05) is 16.8 Å². The van der Waals surface area contributed by atoms with Gasteiger partial charge in [0.1, 0.15) is 5.01 Å². The van der Waals surface area contributed by atoms with Gasteiger partial charge in [-0.1, -0.05) is 6.92 Å². The van der Waals surface area contributed by atoms with E-state index in [9.17, 15) is 18.3 Å². The van der Waals surface area contributed by atoms with Crippen molar-refractivity contribution >= 4 is 48.7 Å². The molecule has 0 saturated carbocycles. The molecule has 2 aromatic heterocycles. The summed E-state index contributed by atoms with van der Waals surface area (Å²) in [7, 11) is -4.00. The van der Waals surface area contributed by atoms with E-state index in [4.69, 9.17) is 0 Å². The number of carboxylic acids is 1. The molecular weight excluding hydrogens is 366 g/mol. The minimum atomic E-state index is -4.00. The molecule has 0 amide bonds. The van der Waals surface area contributed by atoms with Crippen molar-refractivity contribution in [2.45, 2.75) is 29.9 Å². The van der Waals surface area contributed by atoms with Crippen molar-refractivity contribution in [1.29, 1.82) is 0 Å². The SMILES string of the molecule is CCC(C)(C(=O)O)S(=O)(=O)c1ccc2nc(-c3ccsc3)sc2c1. The van der Waals surface area contributed by atoms with Crippen LogP contribution in [0.5, 0.6) is 0 Å². The van der Waals surface area contributed by atoms with Crippen molar-refractivity contribution in [1.82, 2.24) is 4.98 Å². The summed E-state index contributed by atoms with van der Waals surface area (Å²) in [4.78, 5) is 16.0. The van der Waals surface area contributed by atoms with Crippen LogP contribution in [0.15, 0.2) is 39.9 Å². The average Bonchev–Trinajstić information content (AvgIpc) is 3.21. The highest BCUT2D eigenvalue weighted by Crippen LogP contribution is 2.35. The summed E-state index contributed by atoms with van der Waals surface area (Å²) >= 11 is 2.96. The highest BCUT2D eigenvalue weighted by atomic mass is 32.2. The fraction of sp³-hybridized carbons (Fsp3) is 0.250. The Morgan fingerprint density at radius 3 is 2.67 bits per heavy atom. The van der Waals surface area contributed by atoms with Gasteiger partial charge in [0.2, 0.25) is 0 Å². The number of thiophene rings is 1. The number of thiazole rings is 1. The molecule has 1 atom stereocenters. The summed E-state index contributed by atoms with van der Waals surface area (Å²) in [5, 5.41) is 14.1. The first-order chi connectivity index (χ1) is 11.3. The number of carboxylic acid groups (broad SMARTS) is 1. The number of rotatable bonds is 5. The monoisotopic (exact) mass is 381 g/mol. The molecule has 5 nitrogen and oxygen atoms in total. The van der Waals surface area contributed by atoms with E-state index in [1.54, 1.807) is 24.3 Å². The van der Waals surface area contributed by atoms with Gasteiger partial charge >= 0.3 is 5.97 Å². The number of hydrogen-bond acceptors (Lipinski definition) is 6. The first-order valence-electron chi connectivity index (χ1n) is 7.21. The molecule has 0 aliphatic rings. The minimum absolute atomic E-state index is 0.00838. The van der Waals surface area contributed by atoms with Crippen molar-refractivity contribution in [2.75, 3.05) is 0 Å². The van der Waals surface area contributed by atoms with Gasteiger partial charge in [0.25, 0.3) is 0 Å². The molecule has 126 valence electrons. The van der Waals surface area contributed by atoms with Crippen molar-refractivity contribution in [3.05, 3.63) is 35.0 Å². The standard InChI is InChI=1S/C16H15NO4S3/c1-3-16(2,15(18)19)24(20,21)11-4-5-12-13(8-11)23-14(17-12)10-6-7-22-9-10/h4-9H,3H2,1-2H3,(H,18,19). The maximum atomic E-state index is 12.8. The Hall–Kier alpha value is -1.77. The fourth-order valence-electron chi connectivity index (χ4n) is 2.30. The predicted molar refractivity (Wildman–Crippen MR) is 96.5 cm³/mol. The molecule has 1 N–H and O–H groups in total. The largest absolute Gasteiger partial charge is 0.480 e. The Labute approximate surface area is 147 Å². The molecule has 0 aliphatic heterocycles. The fourth-order valence-corrected chi connectivity index (χ4v) is 5.74. The van der Waals surface area contributed by atoms with E-state index in [-0.39, 0.29) is 11.3 Å². The number of aliphatic carboxylic acids is 1. The molecule has 1 aromatic carbocycles. The lowest BCUT2D eigenvalue weighted by molar-refractivity contribution is -0.139. The zero-order valence-corrected chi connectivity index (χ0v) is 15.5. The molecule has 0 saturated heterocycles. The van der Waals surface area contributed by atoms with E-state index >= 15 is 0 Å². The lowest BCUT2D eigenvalue weighted by Crippen LogP contribution is -2.42. The lowest BCUT2D eigenvalue weighted by atomic mass is 10.1. The predicted octanol–water partition coefficient (Wildman–Crippen LogP) is 4.05. The summed E-state index contributed by atoms with van der Waals surface area (Å²) in [5.41, 5.74) is 1.70. The van der Waals surface area contributed by atoms with Crippen LogP contribution in [-0.4, -0.2) is 29.2 Å². The molecule has 0 fully saturated rings. The van der Waals surface area contributed by atoms with Crippen LogP contribution in [0.2, 0.25) is 0 Å². The van der Waals surface area contributed by atoms with Crippen LogP contribution in [-0.2, 0) is 14.6 Å². The Kier molecular flexibility index (Phi) is 4.23. The Balaban J connectivity index is 2.12. The van der Waals surface area contributed by atoms with Crippen LogP contribution in [0.3, 0.4) is 0 Å². The van der Waals surface area contributed by atoms with E-state index in [0.29, 0.717) is 5.52 Å². The Morgan fingerprint density at radius 2 is 2.08 bits per heavy atom. The van der Waals surface area contributed by atoms with Gasteiger partial charge < -0.3 is 5.11 Å². The second kappa shape index (κ2) is 5.94. The molecule has 0 spiro atoms. The van der Waals surface area contributed by atoms with Gasteiger partial charge in [0, 0.05) is 10.9 Å². The molecule has 3 rings (SSSR count). The molecular formula is C16H15NO4S3. The number of fused-ring (bicyclic) bond motifs is 1. The van der Waals surface area contributed by atoms with Gasteiger partial charge in [-0.2, -0.15) is 11.3 Å². The Bertz CT molecular complexity index is 1010. The summed E-state index contributed by atoms with van der Waals surface area (Å²) in [6, 6.07) is 6.55. The van der Waals surface area contributed by atoms with Crippen LogP contribution < -0.4 is 0 Å². The van der Waals surface area contributed by atoms with Gasteiger partial charge in [0.15, 0.2) is 14.6 Å². The topological polar surface area (TPSA) is 84.3 Å². The van der Waals surface area contributed by atoms with Gasteiger partial charge in [-0.05, 0) is 43.0 Å². The van der Waals surface area contributed by atoms with Crippen LogP contribution >= 0.6 is 22.7 Å². The molecule has 1 unspecified atom stereocenters. The van der Waals surface area contributed by atoms with Crippen LogP contribution in [0.4, 0.5) is 0 Å². The van der Waals surface area contributed by atoms with Crippen molar-refractivity contribution in [3.63, 3.8) is 0 Å². The molecule has 0 bridgehead atoms. The van der Waals surface area contributed by atoms with Gasteiger partial charge in [-0.15, -0.1) is 11.3 Å². The molecule has 24 heavy (non-hydrogen) atoms. The Morgan fingerprint density at radius 1 is 1.33 bits per heavy atom. The summed E-state index contributed by atoms with van der Waals surface area (Å²) in [6.45, 7) is 2.81. The average molecular weight is 382 g/mol. The quantitative estimate of drug-likeness (QED) is 0.721. The zero-order valence-electron chi connectivity index (χ0n) is 13.0.